The van der Waals surface area contributed by atoms with Crippen molar-refractivity contribution in [1.29, 1.82) is 0 Å². The molecule has 136 heavy (non-hydrogen) atoms. The van der Waals surface area contributed by atoms with Gasteiger partial charge in [-0.2, -0.15) is 0 Å². The van der Waals surface area contributed by atoms with E-state index < -0.39 is 35.6 Å². The van der Waals surface area contributed by atoms with Gasteiger partial charge in [0.1, 0.15) is 22.6 Å². The third-order valence-corrected chi connectivity index (χ3v) is 22.9. The number of methoxy groups -OCH3 is 2. The lowest BCUT2D eigenvalue weighted by molar-refractivity contribution is -0.0503. The molecule has 18 heterocycles. The molecule has 0 radical (unpaired) electrons. The molecule has 0 saturated carbocycles. The van der Waals surface area contributed by atoms with E-state index in [1.54, 1.807) is 130 Å². The van der Waals surface area contributed by atoms with Crippen LogP contribution < -0.4 is 11.1 Å². The van der Waals surface area contributed by atoms with Crippen LogP contribution in [0.15, 0.2) is 213 Å². The van der Waals surface area contributed by atoms with Crippen LogP contribution in [0.3, 0.4) is 0 Å². The highest BCUT2D eigenvalue weighted by molar-refractivity contribution is 9.10. The minimum Gasteiger partial charge on any atom is -0.478 e. The molecule has 0 spiro atoms. The van der Waals surface area contributed by atoms with Crippen LogP contribution in [0.25, 0.3) is 61.2 Å². The van der Waals surface area contributed by atoms with E-state index in [1.165, 1.54) is 95.7 Å². The standard InChI is InChI=1S/C28H28F2N6O2.C20H18F2N4O3.C19H16F2N4O3.C13H13F2N3O.C9H14N2.C7H6BrNO2/c1-27(2,3)23-5-4-21(16-32-23)34-25(37)19-13-22(17-31-14-19)36-9-6-18-12-20(15-33-24(18)36)26(38)35-10-7-28(29,30)8-11-35;1-29-19(28)15-9-16(12-23-10-15)26-5-2-13-8-14(11-24-17(13)26)18(27)25-6-3-20(21,22)4-7-25;20-19(21)2-5-24(6-3-19)17(26)13-7-12-1-4-25(16(12)23-10-13)15-8-14(18(27)28)9-22-11-15;14-13(15)2-5-18(6-3-13)12(19)10-7-9-1-4-16-11(9)17-8-10;1-9(2,3)8-5-4-7(10)6-11-8;1-11-7(10)5-2-6(8)4-9-3-5/h4-6,9,12-17H,7-8,10-11H2,1-3H3,(H,34,37);2,5,8-12H,3-4,6-7H2,1H3;1,4,7-11H,2-3,5-6H2,(H,27,28);1,4,7-8H,2-3,5-6H2,(H,16,17);4-6H,10H2,1-3H3;2-4H,1H3. The number of carbonyl (C=O) groups is 8. The Balaban J connectivity index is 0.000000145. The van der Waals surface area contributed by atoms with Crippen LogP contribution in [0.2, 0.25) is 0 Å². The van der Waals surface area contributed by atoms with Gasteiger partial charge in [-0.05, 0) is 113 Å². The Morgan fingerprint density at radius 3 is 1.08 bits per heavy atom. The molecule has 4 saturated heterocycles. The van der Waals surface area contributed by atoms with Crippen LogP contribution >= 0.6 is 15.9 Å². The molecule has 31 nitrogen and oxygen atoms in total. The number of fused-ring (bicyclic) bond motifs is 4. The van der Waals surface area contributed by atoms with Gasteiger partial charge in [-0.25, -0.2) is 69.4 Å². The maximum absolute atomic E-state index is 13.5. The number of alkyl halides is 8. The SMILES string of the molecule is CC(C)(C)c1ccc(N)cn1.CC(C)(C)c1ccc(NC(=O)c2cncc(-n3ccc4cc(C(=O)N5CCC(F)(F)CC5)cnc43)c2)cn1.COC(=O)c1cncc(-n2ccc3cc(C(=O)N4CCC(F)(F)CC4)cnc32)c1.COC(=O)c1cncc(Br)c1.O=C(O)c1cncc(-n2ccc3cc(C(=O)N4CCC(F)(F)CC4)cnc32)c1.O=C(c1cnc2[nH]ccc2c1)N1CCC(F)(F)CC1. The van der Waals surface area contributed by atoms with Gasteiger partial charge in [0.2, 0.25) is 0 Å². The molecule has 708 valence electrons. The summed E-state index contributed by atoms with van der Waals surface area (Å²) in [6, 6.07) is 28.0. The molecule has 14 aromatic heterocycles. The van der Waals surface area contributed by atoms with E-state index in [1.807, 2.05) is 30.3 Å². The number of rotatable bonds is 12. The summed E-state index contributed by atoms with van der Waals surface area (Å²) < 4.78 is 121. The number of carboxylic acids is 1. The average molecular weight is 1940 g/mol. The number of ether oxygens (including phenoxy) is 2. The van der Waals surface area contributed by atoms with E-state index in [0.717, 1.165) is 26.9 Å². The monoisotopic (exact) mass is 1930 g/mol. The van der Waals surface area contributed by atoms with Gasteiger partial charge < -0.3 is 50.2 Å². The number of aromatic amines is 1. The number of carboxylic acid groups (broad SMARTS) is 1. The van der Waals surface area contributed by atoms with E-state index in [9.17, 15) is 73.5 Å². The molecule has 0 atom stereocenters. The van der Waals surface area contributed by atoms with Gasteiger partial charge in [0.15, 0.2) is 0 Å². The lowest BCUT2D eigenvalue weighted by Gasteiger charge is -2.31. The lowest BCUT2D eigenvalue weighted by Crippen LogP contribution is -2.42. The third-order valence-electron chi connectivity index (χ3n) is 22.5. The van der Waals surface area contributed by atoms with Crippen LogP contribution in [0.5, 0.6) is 0 Å². The number of hydrogen-bond donors (Lipinski definition) is 4. The number of carbonyl (C=O) groups excluding carboxylic acids is 7. The number of H-pyrrole nitrogens is 1. The molecule has 14 aromatic rings. The molecule has 4 aliphatic rings. The Kier molecular flexibility index (Phi) is 30.3. The van der Waals surface area contributed by atoms with Gasteiger partial charge in [-0.15, -0.1) is 0 Å². The number of nitrogens with one attached hydrogen (secondary N) is 2. The summed E-state index contributed by atoms with van der Waals surface area (Å²) in [5.74, 6) is -14.2. The number of anilines is 2. The largest absolute Gasteiger partial charge is 0.478 e. The summed E-state index contributed by atoms with van der Waals surface area (Å²) in [6.07, 6.45) is 25.5. The fourth-order valence-electron chi connectivity index (χ4n) is 14.7. The van der Waals surface area contributed by atoms with Crippen molar-refractivity contribution in [2.45, 2.75) is 127 Å². The number of halogens is 9. The first-order chi connectivity index (χ1) is 64.5. The highest BCUT2D eigenvalue weighted by atomic mass is 79.9. The van der Waals surface area contributed by atoms with Crippen molar-refractivity contribution in [3.8, 4) is 17.1 Å². The van der Waals surface area contributed by atoms with Gasteiger partial charge in [0.05, 0.1) is 118 Å². The second-order valence-electron chi connectivity index (χ2n) is 34.5. The Bertz CT molecular complexity index is 6700. The van der Waals surface area contributed by atoms with Gasteiger partial charge in [-0.3, -0.25) is 67.6 Å². The number of esters is 2. The number of nitrogens with two attached hydrogens (primary N) is 1. The van der Waals surface area contributed by atoms with Crippen molar-refractivity contribution >= 4 is 119 Å². The molecule has 4 fully saturated rings. The summed E-state index contributed by atoms with van der Waals surface area (Å²) >= 11 is 3.19. The second kappa shape index (κ2) is 41.7. The molecule has 5 N–H and O–H groups in total. The van der Waals surface area contributed by atoms with Gasteiger partial charge in [0.25, 0.3) is 53.2 Å². The molecule has 4 aliphatic heterocycles. The van der Waals surface area contributed by atoms with Crippen LogP contribution in [-0.4, -0.2) is 231 Å². The minimum atomic E-state index is -2.72. The van der Waals surface area contributed by atoms with Crippen molar-refractivity contribution in [3.63, 3.8) is 0 Å². The first-order valence-electron chi connectivity index (χ1n) is 42.9. The summed E-state index contributed by atoms with van der Waals surface area (Å²) in [6.45, 7) is 12.9. The Hall–Kier alpha value is -14.9. The predicted molar refractivity (Wildman–Crippen MR) is 493 cm³/mol. The molecule has 0 aliphatic carbocycles. The van der Waals surface area contributed by atoms with Gasteiger partial charge in [0, 0.05) is 233 Å². The predicted octanol–water partition coefficient (Wildman–Crippen LogP) is 17.3. The summed E-state index contributed by atoms with van der Waals surface area (Å²) in [7, 11) is 2.63. The number of aromatic nitrogens is 14. The maximum atomic E-state index is 13.5. The van der Waals surface area contributed by atoms with Crippen molar-refractivity contribution in [2.75, 3.05) is 77.6 Å². The number of pyridine rings is 10. The van der Waals surface area contributed by atoms with E-state index in [-0.39, 0.29) is 156 Å². The molecule has 40 heteroatoms. The van der Waals surface area contributed by atoms with E-state index in [2.05, 4.69) is 122 Å². The van der Waals surface area contributed by atoms with Crippen molar-refractivity contribution < 1.29 is 88.1 Å². The summed E-state index contributed by atoms with van der Waals surface area (Å²) in [5.41, 5.74) is 15.6. The second-order valence-corrected chi connectivity index (χ2v) is 35.5. The number of piperidine rings is 4. The molecular weight excluding hydrogens is 1840 g/mol. The van der Waals surface area contributed by atoms with E-state index in [0.29, 0.717) is 100 Å². The fourth-order valence-corrected chi connectivity index (χ4v) is 15.1. The Morgan fingerprint density at radius 2 is 0.728 bits per heavy atom. The molecule has 5 amide bonds. The van der Waals surface area contributed by atoms with E-state index in [4.69, 9.17) is 15.6 Å². The smallest absolute Gasteiger partial charge is 0.339 e. The Morgan fingerprint density at radius 1 is 0.390 bits per heavy atom. The normalized spacial score (nSPS) is 15.4. The molecule has 0 bridgehead atoms. The van der Waals surface area contributed by atoms with Gasteiger partial charge >= 0.3 is 17.9 Å². The lowest BCUT2D eigenvalue weighted by atomic mass is 9.92. The number of amides is 5. The fraction of sp³-hybridized carbons (Fsp3) is 0.312. The zero-order valence-electron chi connectivity index (χ0n) is 75.1. The molecule has 0 aromatic carbocycles. The van der Waals surface area contributed by atoms with Crippen molar-refractivity contribution in [2.24, 2.45) is 0 Å². The average Bonchev–Trinajstić information content (AvgIpc) is 1.64. The first kappa shape index (κ1) is 98.6. The number of aromatic carboxylic acids is 1. The molecule has 0 unspecified atom stereocenters. The molecular formula is C96H95BrF8N20O11. The number of nitrogens with zero attached hydrogens (tertiary/aromatic N) is 17. The zero-order valence-corrected chi connectivity index (χ0v) is 76.6. The number of likely N-dealkylation sites (tertiary alicyclic amines) is 4. The number of nitrogen functional groups attached to an aromatic ring is 1. The minimum absolute atomic E-state index is 0.0124. The summed E-state index contributed by atoms with van der Waals surface area (Å²) in [4.78, 5) is 148. The maximum Gasteiger partial charge on any atom is 0.339 e. The van der Waals surface area contributed by atoms with Crippen LogP contribution in [0, 0.1) is 0 Å². The highest BCUT2D eigenvalue weighted by Gasteiger charge is 2.40. The van der Waals surface area contributed by atoms with Crippen LogP contribution in [-0.2, 0) is 20.3 Å². The third kappa shape index (κ3) is 25.0. The highest BCUT2D eigenvalue weighted by Crippen LogP contribution is 2.35. The molecule has 18 rings (SSSR count). The topological polar surface area (TPSA) is 386 Å². The van der Waals surface area contributed by atoms with Gasteiger partial charge in [-0.1, -0.05) is 41.5 Å². The van der Waals surface area contributed by atoms with Crippen molar-refractivity contribution in [3.05, 3.63) is 269 Å². The van der Waals surface area contributed by atoms with Crippen LogP contribution in [0.1, 0.15) is 187 Å². The Labute approximate surface area is 782 Å². The van der Waals surface area contributed by atoms with Crippen LogP contribution in [0.4, 0.5) is 46.5 Å². The zero-order chi connectivity index (χ0) is 97.8. The first-order valence-corrected chi connectivity index (χ1v) is 43.7. The number of hydrogen-bond acceptors (Lipinski definition) is 21. The van der Waals surface area contributed by atoms with E-state index >= 15 is 0 Å². The summed E-state index contributed by atoms with van der Waals surface area (Å²) in [5, 5.41) is 14.9. The quantitative estimate of drug-likeness (QED) is 0.0652. The van der Waals surface area contributed by atoms with Crippen molar-refractivity contribution in [1.82, 2.24) is 88.1 Å².